The van der Waals surface area contributed by atoms with Crippen LogP contribution in [0, 0.1) is 0 Å². The smallest absolute Gasteiger partial charge is 0.320 e. The highest BCUT2D eigenvalue weighted by Crippen LogP contribution is 1.93. The highest BCUT2D eigenvalue weighted by atomic mass is 16.5. The van der Waals surface area contributed by atoms with Crippen LogP contribution in [0.3, 0.4) is 0 Å². The van der Waals surface area contributed by atoms with Crippen LogP contribution in [0.25, 0.3) is 0 Å². The Hall–Kier alpha value is -1.30. The maximum atomic E-state index is 9.99. The van der Waals surface area contributed by atoms with Gasteiger partial charge in [0, 0.05) is 6.42 Å². The summed E-state index contributed by atoms with van der Waals surface area (Å²) in [4.78, 5) is 19.9. The Labute approximate surface area is 134 Å². The van der Waals surface area contributed by atoms with E-state index in [9.17, 15) is 9.59 Å². The Morgan fingerprint density at radius 3 is 1.52 bits per heavy atom. The molecular formula is C13H27NO9. The molecular weight excluding hydrogens is 314 g/mol. The fourth-order valence-electron chi connectivity index (χ4n) is 1.07. The topological polar surface area (TPSA) is 169 Å². The Kier molecular flexibility index (Phi) is 19.5. The number of aliphatic carboxylic acids is 2. The lowest BCUT2D eigenvalue weighted by Crippen LogP contribution is -2.30. The number of hydrogen-bond acceptors (Lipinski definition) is 8. The van der Waals surface area contributed by atoms with Crippen molar-refractivity contribution in [3.05, 3.63) is 0 Å². The molecule has 138 valence electrons. The fourth-order valence-corrected chi connectivity index (χ4v) is 1.07. The number of aliphatic hydroxyl groups excluding tert-OH is 2. The summed E-state index contributed by atoms with van der Waals surface area (Å²) in [5.74, 6) is -2.20. The van der Waals surface area contributed by atoms with E-state index in [0.29, 0.717) is 39.6 Å². The lowest BCUT2D eigenvalue weighted by molar-refractivity contribution is -0.139. The molecule has 0 saturated heterocycles. The summed E-state index contributed by atoms with van der Waals surface area (Å²) in [5, 5.41) is 33.0. The highest BCUT2D eigenvalue weighted by molar-refractivity contribution is 5.74. The third kappa shape index (κ3) is 23.1. The molecule has 0 aliphatic carbocycles. The van der Waals surface area contributed by atoms with Crippen molar-refractivity contribution in [1.82, 2.24) is 0 Å². The first kappa shape index (κ1) is 24.0. The van der Waals surface area contributed by atoms with Gasteiger partial charge in [0.05, 0.1) is 52.9 Å². The van der Waals surface area contributed by atoms with Gasteiger partial charge in [-0.2, -0.15) is 0 Å². The minimum absolute atomic E-state index is 0.0231. The van der Waals surface area contributed by atoms with Gasteiger partial charge in [0.1, 0.15) is 6.04 Å². The number of nitrogens with two attached hydrogens (primary N) is 1. The van der Waals surface area contributed by atoms with Crippen LogP contribution in [0.5, 0.6) is 0 Å². The predicted octanol–water partition coefficient (Wildman–Crippen LogP) is -1.72. The van der Waals surface area contributed by atoms with Crippen LogP contribution >= 0.6 is 0 Å². The Morgan fingerprint density at radius 1 is 0.826 bits per heavy atom. The lowest BCUT2D eigenvalue weighted by Gasteiger charge is -2.04. The molecule has 10 heteroatoms. The molecule has 23 heavy (non-hydrogen) atoms. The van der Waals surface area contributed by atoms with Crippen LogP contribution in [-0.2, 0) is 23.8 Å². The van der Waals surface area contributed by atoms with E-state index < -0.39 is 18.0 Å². The molecule has 0 fully saturated rings. The van der Waals surface area contributed by atoms with Crippen molar-refractivity contribution in [2.24, 2.45) is 5.73 Å². The summed E-state index contributed by atoms with van der Waals surface area (Å²) in [6.07, 6.45) is -0.224. The van der Waals surface area contributed by atoms with Gasteiger partial charge < -0.3 is 40.4 Å². The molecule has 0 bridgehead atoms. The second-order valence-electron chi connectivity index (χ2n) is 4.16. The first-order valence-corrected chi connectivity index (χ1v) is 7.10. The largest absolute Gasteiger partial charge is 0.481 e. The molecule has 1 atom stereocenters. The number of hydrogen-bond donors (Lipinski definition) is 5. The lowest BCUT2D eigenvalue weighted by atomic mass is 10.2. The van der Waals surface area contributed by atoms with Gasteiger partial charge >= 0.3 is 11.9 Å². The standard InChI is InChI=1S/C8H18O5.C5H9NO4/c9-1-3-11-5-7-13-8-6-12-4-2-10;6-3(5(9)10)1-2-4(7)8/h9-10H,1-8H2;3H,1-2,6H2,(H,7,8)(H,9,10)/t;3-/m.0/s1. The van der Waals surface area contributed by atoms with E-state index in [-0.39, 0.29) is 26.1 Å². The van der Waals surface area contributed by atoms with Crippen molar-refractivity contribution >= 4 is 11.9 Å². The molecule has 0 aromatic carbocycles. The second-order valence-corrected chi connectivity index (χ2v) is 4.16. The number of rotatable bonds is 14. The number of carbonyl (C=O) groups is 2. The third-order valence-electron chi connectivity index (χ3n) is 2.20. The SMILES string of the molecule is N[C@@H](CCC(=O)O)C(=O)O.OCCOCCOCCOCCO. The van der Waals surface area contributed by atoms with E-state index in [2.05, 4.69) is 0 Å². The van der Waals surface area contributed by atoms with E-state index in [0.717, 1.165) is 0 Å². The molecule has 0 unspecified atom stereocenters. The minimum Gasteiger partial charge on any atom is -0.481 e. The van der Waals surface area contributed by atoms with E-state index in [1.54, 1.807) is 0 Å². The van der Waals surface area contributed by atoms with Crippen molar-refractivity contribution in [3.63, 3.8) is 0 Å². The molecule has 0 aromatic rings. The summed E-state index contributed by atoms with van der Waals surface area (Å²) in [6.45, 7) is 2.76. The first-order valence-electron chi connectivity index (χ1n) is 7.10. The van der Waals surface area contributed by atoms with Gasteiger partial charge in [-0.05, 0) is 6.42 Å². The van der Waals surface area contributed by atoms with Gasteiger partial charge in [-0.25, -0.2) is 0 Å². The van der Waals surface area contributed by atoms with Gasteiger partial charge in [-0.3, -0.25) is 9.59 Å². The molecule has 0 heterocycles. The zero-order valence-corrected chi connectivity index (χ0v) is 13.1. The van der Waals surface area contributed by atoms with Crippen molar-refractivity contribution in [3.8, 4) is 0 Å². The zero-order chi connectivity index (χ0) is 17.9. The highest BCUT2D eigenvalue weighted by Gasteiger charge is 2.12. The summed E-state index contributed by atoms with van der Waals surface area (Å²) >= 11 is 0. The summed E-state index contributed by atoms with van der Waals surface area (Å²) in [5.41, 5.74) is 5.00. The van der Waals surface area contributed by atoms with Gasteiger partial charge in [0.25, 0.3) is 0 Å². The predicted molar refractivity (Wildman–Crippen MR) is 79.1 cm³/mol. The van der Waals surface area contributed by atoms with Crippen molar-refractivity contribution in [2.45, 2.75) is 18.9 Å². The van der Waals surface area contributed by atoms with E-state index >= 15 is 0 Å². The molecule has 0 aliphatic heterocycles. The third-order valence-corrected chi connectivity index (χ3v) is 2.20. The maximum absolute atomic E-state index is 9.99. The Bertz CT molecular complexity index is 279. The van der Waals surface area contributed by atoms with E-state index in [1.165, 1.54) is 0 Å². The number of aliphatic hydroxyl groups is 2. The quantitative estimate of drug-likeness (QED) is 0.229. The molecule has 10 nitrogen and oxygen atoms in total. The Morgan fingerprint density at radius 2 is 1.22 bits per heavy atom. The summed E-state index contributed by atoms with van der Waals surface area (Å²) < 4.78 is 15.0. The molecule has 0 aromatic heterocycles. The monoisotopic (exact) mass is 341 g/mol. The normalized spacial score (nSPS) is 11.4. The van der Waals surface area contributed by atoms with Gasteiger partial charge in [-0.15, -0.1) is 0 Å². The Balaban J connectivity index is 0. The minimum atomic E-state index is -1.17. The van der Waals surface area contributed by atoms with Crippen LogP contribution in [0.2, 0.25) is 0 Å². The second kappa shape index (κ2) is 18.7. The molecule has 0 aliphatic rings. The van der Waals surface area contributed by atoms with Crippen molar-refractivity contribution in [1.29, 1.82) is 0 Å². The maximum Gasteiger partial charge on any atom is 0.320 e. The van der Waals surface area contributed by atoms with Crippen LogP contribution in [0.15, 0.2) is 0 Å². The molecule has 0 amide bonds. The summed E-state index contributed by atoms with van der Waals surface area (Å²) in [7, 11) is 0. The van der Waals surface area contributed by atoms with Crippen molar-refractivity contribution < 1.29 is 44.2 Å². The molecule has 0 spiro atoms. The molecule has 0 radical (unpaired) electrons. The number of carboxylic acid groups (broad SMARTS) is 2. The number of ether oxygens (including phenoxy) is 3. The summed E-state index contributed by atoms with van der Waals surface area (Å²) in [6, 6.07) is -1.06. The molecule has 0 saturated carbocycles. The van der Waals surface area contributed by atoms with Gasteiger partial charge in [-0.1, -0.05) is 0 Å². The van der Waals surface area contributed by atoms with E-state index in [4.69, 9.17) is 40.4 Å². The molecule has 0 rings (SSSR count). The van der Waals surface area contributed by atoms with Crippen LogP contribution in [0.1, 0.15) is 12.8 Å². The van der Waals surface area contributed by atoms with Crippen LogP contribution < -0.4 is 5.73 Å². The molecule has 6 N–H and O–H groups in total. The fraction of sp³-hybridized carbons (Fsp3) is 0.846. The first-order chi connectivity index (χ1) is 11.0. The van der Waals surface area contributed by atoms with E-state index in [1.807, 2.05) is 0 Å². The zero-order valence-electron chi connectivity index (χ0n) is 13.1. The van der Waals surface area contributed by atoms with Crippen LogP contribution in [0.4, 0.5) is 0 Å². The van der Waals surface area contributed by atoms with Crippen LogP contribution in [-0.4, -0.2) is 91.3 Å². The number of carboxylic acids is 2. The average molecular weight is 341 g/mol. The average Bonchev–Trinajstić information content (AvgIpc) is 2.51. The van der Waals surface area contributed by atoms with Gasteiger partial charge in [0.15, 0.2) is 0 Å². The van der Waals surface area contributed by atoms with Crippen molar-refractivity contribution in [2.75, 3.05) is 52.9 Å². The van der Waals surface area contributed by atoms with Gasteiger partial charge in [0.2, 0.25) is 0 Å².